The molecule has 39 heavy (non-hydrogen) atoms. The molecule has 1 atom stereocenters. The number of alkyl halides is 2. The van der Waals surface area contributed by atoms with Crippen LogP contribution < -0.4 is 10.6 Å². The summed E-state index contributed by atoms with van der Waals surface area (Å²) in [6.07, 6.45) is 10.8. The van der Waals surface area contributed by atoms with Gasteiger partial charge in [-0.3, -0.25) is 9.59 Å². The summed E-state index contributed by atoms with van der Waals surface area (Å²) >= 11 is 0. The van der Waals surface area contributed by atoms with Gasteiger partial charge in [0.1, 0.15) is 17.7 Å². The molecular formula is C27H31F2N7O3. The number of aliphatic imine (C=N–C) groups is 2. The van der Waals surface area contributed by atoms with E-state index in [2.05, 4.69) is 30.7 Å². The fraction of sp³-hybridized carbons (Fsp3) is 0.370. The van der Waals surface area contributed by atoms with Gasteiger partial charge in [-0.05, 0) is 26.2 Å². The van der Waals surface area contributed by atoms with Crippen LogP contribution in [-0.4, -0.2) is 63.3 Å². The lowest BCUT2D eigenvalue weighted by Gasteiger charge is -2.16. The Morgan fingerprint density at radius 1 is 1.26 bits per heavy atom. The Balaban J connectivity index is 1.76. The number of carbonyl (C=O) groups excluding carboxylic acids is 3. The highest BCUT2D eigenvalue weighted by molar-refractivity contribution is 6.04. The molecule has 0 bridgehead atoms. The summed E-state index contributed by atoms with van der Waals surface area (Å²) in [7, 11) is 0. The number of nitrogens with one attached hydrogen (secondary N) is 2. The summed E-state index contributed by atoms with van der Waals surface area (Å²) in [4.78, 5) is 48.6. The SMILES string of the molecule is CC/C=C/C(CC/C=C(\C)CC=O)NC(=O)c1cc(C(=O)NCC2=NC(C(F)F)=NC=CC2)nc2ccnn12. The van der Waals surface area contributed by atoms with Crippen LogP contribution in [0.4, 0.5) is 8.78 Å². The highest BCUT2D eigenvalue weighted by atomic mass is 19.3. The van der Waals surface area contributed by atoms with Crippen molar-refractivity contribution in [3.05, 3.63) is 65.8 Å². The maximum Gasteiger partial charge on any atom is 0.297 e. The lowest BCUT2D eigenvalue weighted by atomic mass is 10.1. The molecule has 0 radical (unpaired) electrons. The smallest absolute Gasteiger partial charge is 0.297 e. The molecule has 0 saturated carbocycles. The number of rotatable bonds is 13. The Bertz CT molecular complexity index is 1340. The normalized spacial score (nSPS) is 14.7. The molecule has 206 valence electrons. The Hall–Kier alpha value is -4.35. The Morgan fingerprint density at radius 2 is 2.08 bits per heavy atom. The van der Waals surface area contributed by atoms with E-state index >= 15 is 0 Å². The highest BCUT2D eigenvalue weighted by Gasteiger charge is 2.20. The van der Waals surface area contributed by atoms with Gasteiger partial charge in [0.2, 0.25) is 0 Å². The van der Waals surface area contributed by atoms with Gasteiger partial charge >= 0.3 is 0 Å². The summed E-state index contributed by atoms with van der Waals surface area (Å²) in [5.74, 6) is -1.67. The number of hydrogen-bond donors (Lipinski definition) is 2. The van der Waals surface area contributed by atoms with Gasteiger partial charge in [0.25, 0.3) is 18.2 Å². The lowest BCUT2D eigenvalue weighted by molar-refractivity contribution is -0.107. The molecule has 0 aliphatic carbocycles. The third-order valence-corrected chi connectivity index (χ3v) is 5.71. The third kappa shape index (κ3) is 8.59. The van der Waals surface area contributed by atoms with Crippen molar-refractivity contribution in [2.24, 2.45) is 9.98 Å². The number of halogens is 2. The van der Waals surface area contributed by atoms with Crippen LogP contribution >= 0.6 is 0 Å². The van der Waals surface area contributed by atoms with E-state index in [1.54, 1.807) is 12.1 Å². The molecule has 2 aromatic heterocycles. The molecule has 0 spiro atoms. The van der Waals surface area contributed by atoms with Crippen LogP contribution in [0, 0.1) is 0 Å². The number of hydrogen-bond acceptors (Lipinski definition) is 7. The Morgan fingerprint density at radius 3 is 2.82 bits per heavy atom. The van der Waals surface area contributed by atoms with Crippen molar-refractivity contribution in [3.8, 4) is 0 Å². The van der Waals surface area contributed by atoms with Gasteiger partial charge in [-0.2, -0.15) is 5.10 Å². The number of fused-ring (bicyclic) bond motifs is 1. The van der Waals surface area contributed by atoms with Gasteiger partial charge < -0.3 is 15.4 Å². The van der Waals surface area contributed by atoms with Crippen molar-refractivity contribution in [1.82, 2.24) is 25.2 Å². The first-order chi connectivity index (χ1) is 18.8. The molecule has 1 aliphatic rings. The number of amidine groups is 1. The predicted octanol–water partition coefficient (Wildman–Crippen LogP) is 3.86. The molecule has 2 N–H and O–H groups in total. The monoisotopic (exact) mass is 539 g/mol. The first-order valence-corrected chi connectivity index (χ1v) is 12.6. The average molecular weight is 540 g/mol. The minimum absolute atomic E-state index is 0.0336. The van der Waals surface area contributed by atoms with Crippen LogP contribution in [-0.2, 0) is 4.79 Å². The second-order valence-corrected chi connectivity index (χ2v) is 8.78. The number of allylic oxidation sites excluding steroid dienone is 4. The fourth-order valence-electron chi connectivity index (χ4n) is 3.72. The van der Waals surface area contributed by atoms with E-state index in [4.69, 9.17) is 0 Å². The summed E-state index contributed by atoms with van der Waals surface area (Å²) in [6.45, 7) is 3.78. The molecule has 1 aliphatic heterocycles. The highest BCUT2D eigenvalue weighted by Crippen LogP contribution is 2.11. The topological polar surface area (TPSA) is 130 Å². The second-order valence-electron chi connectivity index (χ2n) is 8.78. The van der Waals surface area contributed by atoms with E-state index in [0.717, 1.165) is 18.3 Å². The maximum atomic E-state index is 13.3. The van der Waals surface area contributed by atoms with Crippen molar-refractivity contribution in [3.63, 3.8) is 0 Å². The number of carbonyl (C=O) groups is 3. The number of aldehydes is 1. The minimum atomic E-state index is -2.84. The summed E-state index contributed by atoms with van der Waals surface area (Å²) < 4.78 is 27.4. The fourth-order valence-corrected chi connectivity index (χ4v) is 3.72. The Kier molecular flexibility index (Phi) is 10.9. The second kappa shape index (κ2) is 14.6. The summed E-state index contributed by atoms with van der Waals surface area (Å²) in [6, 6.07) is 2.61. The van der Waals surface area contributed by atoms with Crippen LogP contribution in [0.5, 0.6) is 0 Å². The molecule has 0 saturated heterocycles. The predicted molar refractivity (Wildman–Crippen MR) is 144 cm³/mol. The quantitative estimate of drug-likeness (QED) is 0.295. The first kappa shape index (κ1) is 29.2. The number of aromatic nitrogens is 3. The summed E-state index contributed by atoms with van der Waals surface area (Å²) in [5.41, 5.74) is 1.64. The van der Waals surface area contributed by atoms with Crippen molar-refractivity contribution in [2.75, 3.05) is 6.54 Å². The largest absolute Gasteiger partial charge is 0.345 e. The van der Waals surface area contributed by atoms with Gasteiger partial charge in [-0.25, -0.2) is 28.3 Å². The number of amides is 2. The maximum absolute atomic E-state index is 13.3. The van der Waals surface area contributed by atoms with Gasteiger partial charge in [0, 0.05) is 42.9 Å². The zero-order valence-corrected chi connectivity index (χ0v) is 21.8. The van der Waals surface area contributed by atoms with E-state index in [1.807, 2.05) is 32.1 Å². The van der Waals surface area contributed by atoms with Crippen LogP contribution in [0.15, 0.2) is 64.4 Å². The van der Waals surface area contributed by atoms with Gasteiger partial charge in [-0.1, -0.05) is 36.8 Å². The third-order valence-electron chi connectivity index (χ3n) is 5.71. The molecule has 2 amide bonds. The van der Waals surface area contributed by atoms with E-state index in [9.17, 15) is 23.2 Å². The van der Waals surface area contributed by atoms with Crippen LogP contribution in [0.2, 0.25) is 0 Å². The molecule has 1 unspecified atom stereocenters. The standard InChI is InChI=1S/C27H31F2N7O3/c1-3-4-8-19(9-5-7-18(2)12-15-37)34-27(39)22-16-21(35-23-11-14-32-36(22)23)26(38)31-17-20-10-6-13-30-25(33-20)24(28)29/h4,6-8,11,13-16,19,24H,3,5,9-10,12,17H2,1-2H3,(H,31,38)(H,34,39)/b8-4+,18-7+. The number of nitrogens with zero attached hydrogens (tertiary/aromatic N) is 5. The Labute approximate surface area is 224 Å². The van der Waals surface area contributed by atoms with Crippen LogP contribution in [0.25, 0.3) is 5.65 Å². The van der Waals surface area contributed by atoms with Crippen molar-refractivity contribution in [2.45, 2.75) is 58.4 Å². The molecule has 0 fully saturated rings. The molecule has 3 rings (SSSR count). The zero-order valence-electron chi connectivity index (χ0n) is 21.8. The molecular weight excluding hydrogens is 508 g/mol. The van der Waals surface area contributed by atoms with E-state index < -0.39 is 24.1 Å². The summed E-state index contributed by atoms with van der Waals surface area (Å²) in [5, 5.41) is 9.76. The molecule has 2 aromatic rings. The molecule has 10 nitrogen and oxygen atoms in total. The van der Waals surface area contributed by atoms with E-state index in [1.165, 1.54) is 23.0 Å². The molecule has 12 heteroatoms. The molecule has 3 heterocycles. The van der Waals surface area contributed by atoms with E-state index in [0.29, 0.717) is 30.6 Å². The zero-order chi connectivity index (χ0) is 28.2. The van der Waals surface area contributed by atoms with Gasteiger partial charge in [0.15, 0.2) is 11.5 Å². The van der Waals surface area contributed by atoms with E-state index in [-0.39, 0.29) is 30.4 Å². The average Bonchev–Trinajstić information content (AvgIpc) is 3.26. The van der Waals surface area contributed by atoms with Crippen LogP contribution in [0.1, 0.15) is 66.9 Å². The van der Waals surface area contributed by atoms with Gasteiger partial charge in [-0.15, -0.1) is 0 Å². The minimum Gasteiger partial charge on any atom is -0.345 e. The van der Waals surface area contributed by atoms with Crippen molar-refractivity contribution < 1.29 is 23.2 Å². The van der Waals surface area contributed by atoms with Crippen LogP contribution in [0.3, 0.4) is 0 Å². The van der Waals surface area contributed by atoms with Crippen molar-refractivity contribution in [1.29, 1.82) is 0 Å². The van der Waals surface area contributed by atoms with Crippen molar-refractivity contribution >= 4 is 35.3 Å². The van der Waals surface area contributed by atoms with Gasteiger partial charge in [0.05, 0.1) is 12.7 Å². The lowest BCUT2D eigenvalue weighted by Crippen LogP contribution is -2.35. The first-order valence-electron chi connectivity index (χ1n) is 12.6. The molecule has 0 aromatic carbocycles.